The summed E-state index contributed by atoms with van der Waals surface area (Å²) in [5.74, 6) is 0.144. The van der Waals surface area contributed by atoms with Crippen molar-refractivity contribution in [2.24, 2.45) is 5.92 Å². The highest BCUT2D eigenvalue weighted by molar-refractivity contribution is 5.82. The Hall–Kier alpha value is -1.05. The summed E-state index contributed by atoms with van der Waals surface area (Å²) in [6.45, 7) is 0. The number of hydrogen-bond donors (Lipinski definition) is 1. The lowest BCUT2D eigenvalue weighted by Crippen LogP contribution is -2.39. The van der Waals surface area contributed by atoms with E-state index in [0.29, 0.717) is 6.04 Å². The van der Waals surface area contributed by atoms with Crippen LogP contribution >= 0.6 is 0 Å². The van der Waals surface area contributed by atoms with Crippen LogP contribution in [0.25, 0.3) is 0 Å². The van der Waals surface area contributed by atoms with Crippen molar-refractivity contribution >= 4 is 5.91 Å². The summed E-state index contributed by atoms with van der Waals surface area (Å²) in [7, 11) is 0. The van der Waals surface area contributed by atoms with Crippen molar-refractivity contribution < 1.29 is 4.79 Å². The monoisotopic (exact) mass is 219 g/mol. The third kappa shape index (κ3) is 3.22. The molecule has 0 atom stereocenters. The highest BCUT2D eigenvalue weighted by Gasteiger charge is 2.19. The maximum Gasteiger partial charge on any atom is 0.230 e. The van der Waals surface area contributed by atoms with E-state index in [2.05, 4.69) is 17.5 Å². The topological polar surface area (TPSA) is 29.1 Å². The molecule has 0 aliphatic heterocycles. The summed E-state index contributed by atoms with van der Waals surface area (Å²) in [5.41, 5.74) is 0. The first-order valence-corrected chi connectivity index (χ1v) is 6.50. The van der Waals surface area contributed by atoms with Crippen molar-refractivity contribution in [3.8, 4) is 0 Å². The lowest BCUT2D eigenvalue weighted by atomic mass is 9.95. The van der Waals surface area contributed by atoms with Crippen LogP contribution in [0.15, 0.2) is 24.3 Å². The largest absolute Gasteiger partial charge is 0.353 e. The van der Waals surface area contributed by atoms with Gasteiger partial charge in [0.2, 0.25) is 5.91 Å². The molecule has 0 unspecified atom stereocenters. The molecule has 0 spiro atoms. The minimum absolute atomic E-state index is 0.0376. The molecular formula is C14H21NO. The molecule has 0 aromatic carbocycles. The summed E-state index contributed by atoms with van der Waals surface area (Å²) in [4.78, 5) is 12.0. The van der Waals surface area contributed by atoms with E-state index in [1.54, 1.807) is 0 Å². The molecule has 1 N–H and O–H groups in total. The highest BCUT2D eigenvalue weighted by Crippen LogP contribution is 2.18. The van der Waals surface area contributed by atoms with Gasteiger partial charge in [0.25, 0.3) is 0 Å². The molecule has 2 nitrogen and oxygen atoms in total. The van der Waals surface area contributed by atoms with E-state index in [1.165, 1.54) is 19.3 Å². The standard InChI is InChI=1S/C14H21NO/c16-14(12-8-4-1-2-5-9-12)15-13-10-6-3-7-11-13/h4-5,8-9,12-13H,1-3,6-7,10-11H2,(H,15,16). The van der Waals surface area contributed by atoms with Crippen molar-refractivity contribution in [3.63, 3.8) is 0 Å². The van der Waals surface area contributed by atoms with Gasteiger partial charge in [0.1, 0.15) is 0 Å². The second-order valence-corrected chi connectivity index (χ2v) is 4.80. The Balaban J connectivity index is 1.86. The van der Waals surface area contributed by atoms with Gasteiger partial charge >= 0.3 is 0 Å². The zero-order valence-electron chi connectivity index (χ0n) is 9.82. The molecule has 0 bridgehead atoms. The fourth-order valence-corrected chi connectivity index (χ4v) is 2.46. The van der Waals surface area contributed by atoms with Gasteiger partial charge in [0.05, 0.1) is 5.92 Å². The maximum absolute atomic E-state index is 12.0. The zero-order valence-corrected chi connectivity index (χ0v) is 9.82. The van der Waals surface area contributed by atoms with Crippen LogP contribution in [0.1, 0.15) is 44.9 Å². The Bertz CT molecular complexity index is 273. The van der Waals surface area contributed by atoms with Crippen LogP contribution in [0, 0.1) is 5.92 Å². The van der Waals surface area contributed by atoms with Crippen LogP contribution in [-0.4, -0.2) is 11.9 Å². The number of allylic oxidation sites excluding steroid dienone is 2. The molecule has 0 radical (unpaired) electrons. The minimum atomic E-state index is -0.0376. The predicted molar refractivity (Wildman–Crippen MR) is 66.0 cm³/mol. The fraction of sp³-hybridized carbons (Fsp3) is 0.643. The lowest BCUT2D eigenvalue weighted by molar-refractivity contribution is -0.123. The molecule has 2 aliphatic carbocycles. The lowest BCUT2D eigenvalue weighted by Gasteiger charge is -2.23. The number of carbonyl (C=O) groups is 1. The first-order chi connectivity index (χ1) is 7.86. The van der Waals surface area contributed by atoms with E-state index in [1.807, 2.05) is 12.2 Å². The second kappa shape index (κ2) is 5.88. The highest BCUT2D eigenvalue weighted by atomic mass is 16.1. The van der Waals surface area contributed by atoms with Crippen molar-refractivity contribution in [3.05, 3.63) is 24.3 Å². The Kier molecular flexibility index (Phi) is 4.20. The molecule has 88 valence electrons. The van der Waals surface area contributed by atoms with Crippen LogP contribution in [0.2, 0.25) is 0 Å². The maximum atomic E-state index is 12.0. The van der Waals surface area contributed by atoms with E-state index in [0.717, 1.165) is 25.7 Å². The van der Waals surface area contributed by atoms with Crippen LogP contribution in [0.4, 0.5) is 0 Å². The number of hydrogen-bond acceptors (Lipinski definition) is 1. The second-order valence-electron chi connectivity index (χ2n) is 4.80. The van der Waals surface area contributed by atoms with Gasteiger partial charge in [-0.3, -0.25) is 4.79 Å². The first kappa shape index (κ1) is 11.4. The summed E-state index contributed by atoms with van der Waals surface area (Å²) in [5, 5.41) is 3.17. The summed E-state index contributed by atoms with van der Waals surface area (Å²) in [6, 6.07) is 0.423. The Labute approximate surface area is 97.8 Å². The molecule has 1 saturated carbocycles. The number of amides is 1. The Morgan fingerprint density at radius 1 is 1.00 bits per heavy atom. The first-order valence-electron chi connectivity index (χ1n) is 6.50. The predicted octanol–water partition coefficient (Wildman–Crippen LogP) is 2.96. The van der Waals surface area contributed by atoms with Crippen molar-refractivity contribution in [2.75, 3.05) is 0 Å². The molecule has 2 aliphatic rings. The number of carbonyl (C=O) groups excluding carboxylic acids is 1. The normalized spacial score (nSPS) is 23.0. The van der Waals surface area contributed by atoms with Crippen molar-refractivity contribution in [1.82, 2.24) is 5.32 Å². The van der Waals surface area contributed by atoms with Crippen LogP contribution in [0.5, 0.6) is 0 Å². The third-order valence-corrected chi connectivity index (χ3v) is 3.44. The fourth-order valence-electron chi connectivity index (χ4n) is 2.46. The molecular weight excluding hydrogens is 198 g/mol. The molecule has 0 aromatic rings. The molecule has 0 heterocycles. The molecule has 2 heteroatoms. The summed E-state index contributed by atoms with van der Waals surface area (Å²) >= 11 is 0. The summed E-state index contributed by atoms with van der Waals surface area (Å²) in [6.07, 6.45) is 16.6. The van der Waals surface area contributed by atoms with E-state index in [4.69, 9.17) is 0 Å². The Morgan fingerprint density at radius 3 is 2.25 bits per heavy atom. The quantitative estimate of drug-likeness (QED) is 0.711. The zero-order chi connectivity index (χ0) is 11.2. The molecule has 16 heavy (non-hydrogen) atoms. The van der Waals surface area contributed by atoms with Gasteiger partial charge < -0.3 is 5.32 Å². The number of rotatable bonds is 2. The van der Waals surface area contributed by atoms with Crippen LogP contribution in [-0.2, 0) is 4.79 Å². The van der Waals surface area contributed by atoms with Crippen LogP contribution in [0.3, 0.4) is 0 Å². The number of nitrogens with one attached hydrogen (secondary N) is 1. The van der Waals surface area contributed by atoms with Gasteiger partial charge in [-0.2, -0.15) is 0 Å². The van der Waals surface area contributed by atoms with E-state index in [-0.39, 0.29) is 11.8 Å². The average molecular weight is 219 g/mol. The van der Waals surface area contributed by atoms with Gasteiger partial charge in [-0.05, 0) is 25.7 Å². The Morgan fingerprint density at radius 2 is 1.62 bits per heavy atom. The molecule has 2 rings (SSSR count). The van der Waals surface area contributed by atoms with Gasteiger partial charge in [-0.1, -0.05) is 43.6 Å². The average Bonchev–Trinajstić information content (AvgIpc) is 2.59. The van der Waals surface area contributed by atoms with Gasteiger partial charge in [0.15, 0.2) is 0 Å². The molecule has 1 amide bonds. The smallest absolute Gasteiger partial charge is 0.230 e. The minimum Gasteiger partial charge on any atom is -0.353 e. The molecule has 0 aromatic heterocycles. The SMILES string of the molecule is O=C(NC1CCCCC1)C1C=CCCC=C1. The van der Waals surface area contributed by atoms with E-state index < -0.39 is 0 Å². The van der Waals surface area contributed by atoms with Gasteiger partial charge in [0, 0.05) is 6.04 Å². The van der Waals surface area contributed by atoms with Crippen molar-refractivity contribution in [1.29, 1.82) is 0 Å². The van der Waals surface area contributed by atoms with Crippen LogP contribution < -0.4 is 5.32 Å². The van der Waals surface area contributed by atoms with Gasteiger partial charge in [-0.15, -0.1) is 0 Å². The summed E-state index contributed by atoms with van der Waals surface area (Å²) < 4.78 is 0. The van der Waals surface area contributed by atoms with E-state index >= 15 is 0 Å². The molecule has 0 saturated heterocycles. The van der Waals surface area contributed by atoms with E-state index in [9.17, 15) is 4.79 Å². The third-order valence-electron chi connectivity index (χ3n) is 3.44. The van der Waals surface area contributed by atoms with Gasteiger partial charge in [-0.25, -0.2) is 0 Å². The molecule has 1 fully saturated rings. The van der Waals surface area contributed by atoms with Crippen molar-refractivity contribution in [2.45, 2.75) is 51.0 Å².